The van der Waals surface area contributed by atoms with Gasteiger partial charge in [0, 0.05) is 17.7 Å². The van der Waals surface area contributed by atoms with E-state index in [0.717, 1.165) is 12.0 Å². The zero-order valence-corrected chi connectivity index (χ0v) is 14.1. The van der Waals surface area contributed by atoms with E-state index < -0.39 is 17.9 Å². The van der Waals surface area contributed by atoms with Crippen LogP contribution in [0.3, 0.4) is 0 Å². The van der Waals surface area contributed by atoms with Crippen LogP contribution in [-0.4, -0.2) is 35.8 Å². The minimum atomic E-state index is -0.558. The summed E-state index contributed by atoms with van der Waals surface area (Å²) in [4.78, 5) is 25.6. The number of fused-ring (bicyclic) bond motifs is 1. The van der Waals surface area contributed by atoms with E-state index >= 15 is 0 Å². The van der Waals surface area contributed by atoms with Crippen molar-refractivity contribution in [3.05, 3.63) is 35.4 Å². The summed E-state index contributed by atoms with van der Waals surface area (Å²) in [6, 6.07) is 7.26. The third-order valence-corrected chi connectivity index (χ3v) is 3.29. The lowest BCUT2D eigenvalue weighted by Gasteiger charge is -2.28. The van der Waals surface area contributed by atoms with E-state index in [4.69, 9.17) is 9.47 Å². The molecule has 1 aromatic rings. The van der Waals surface area contributed by atoms with Gasteiger partial charge in [0.15, 0.2) is 6.23 Å². The molecule has 1 aliphatic heterocycles. The number of amides is 2. The Morgan fingerprint density at radius 2 is 2.00 bits per heavy atom. The molecule has 0 bridgehead atoms. The zero-order chi connectivity index (χ0) is 17.0. The normalized spacial score (nSPS) is 16.7. The molecule has 1 N–H and O–H groups in total. The van der Waals surface area contributed by atoms with E-state index in [1.165, 1.54) is 4.90 Å². The lowest BCUT2D eigenvalue weighted by Crippen LogP contribution is -2.39. The second-order valence-electron chi connectivity index (χ2n) is 6.48. The largest absolute Gasteiger partial charge is 0.444 e. The number of nitrogens with one attached hydrogen (secondary N) is 1. The molecule has 23 heavy (non-hydrogen) atoms. The van der Waals surface area contributed by atoms with Crippen molar-refractivity contribution in [2.45, 2.75) is 45.9 Å². The molecule has 0 spiro atoms. The molecule has 1 aromatic carbocycles. The monoisotopic (exact) mass is 320 g/mol. The number of nitrogens with zero attached hydrogens (tertiary/aromatic N) is 1. The van der Waals surface area contributed by atoms with Crippen LogP contribution in [0.15, 0.2) is 24.3 Å². The lowest BCUT2D eigenvalue weighted by molar-refractivity contribution is -0.0446. The second kappa shape index (κ2) is 7.00. The fourth-order valence-electron chi connectivity index (χ4n) is 2.31. The SMILES string of the molecule is CCCN(COC1NC(=O)c2ccccc21)C(=O)OC(C)(C)C. The topological polar surface area (TPSA) is 67.9 Å². The van der Waals surface area contributed by atoms with E-state index in [1.54, 1.807) is 6.07 Å². The Kier molecular flexibility index (Phi) is 5.26. The fourth-order valence-corrected chi connectivity index (χ4v) is 2.31. The molecule has 6 nitrogen and oxygen atoms in total. The summed E-state index contributed by atoms with van der Waals surface area (Å²) in [6.07, 6.45) is -0.173. The molecular weight excluding hydrogens is 296 g/mol. The second-order valence-corrected chi connectivity index (χ2v) is 6.48. The van der Waals surface area contributed by atoms with Crippen molar-refractivity contribution in [2.24, 2.45) is 0 Å². The molecule has 2 rings (SSSR count). The highest BCUT2D eigenvalue weighted by Crippen LogP contribution is 2.26. The number of hydrogen-bond donors (Lipinski definition) is 1. The van der Waals surface area contributed by atoms with Crippen LogP contribution >= 0.6 is 0 Å². The van der Waals surface area contributed by atoms with Crippen molar-refractivity contribution < 1.29 is 19.1 Å². The Bertz CT molecular complexity index is 580. The smallest absolute Gasteiger partial charge is 0.412 e. The molecule has 0 fully saturated rings. The number of carbonyl (C=O) groups is 2. The molecule has 1 aliphatic rings. The van der Waals surface area contributed by atoms with Crippen molar-refractivity contribution >= 4 is 12.0 Å². The van der Waals surface area contributed by atoms with Crippen LogP contribution in [0.25, 0.3) is 0 Å². The van der Waals surface area contributed by atoms with E-state index in [1.807, 2.05) is 45.9 Å². The van der Waals surface area contributed by atoms with E-state index in [9.17, 15) is 9.59 Å². The van der Waals surface area contributed by atoms with Gasteiger partial charge in [-0.15, -0.1) is 0 Å². The maximum Gasteiger partial charge on any atom is 0.412 e. The summed E-state index contributed by atoms with van der Waals surface area (Å²) in [7, 11) is 0. The van der Waals surface area contributed by atoms with Gasteiger partial charge in [-0.1, -0.05) is 25.1 Å². The highest BCUT2D eigenvalue weighted by molar-refractivity contribution is 5.98. The summed E-state index contributed by atoms with van der Waals surface area (Å²) < 4.78 is 11.1. The average Bonchev–Trinajstić information content (AvgIpc) is 2.79. The van der Waals surface area contributed by atoms with Crippen LogP contribution in [0.1, 0.15) is 56.3 Å². The minimum absolute atomic E-state index is 0.0576. The number of benzene rings is 1. The predicted molar refractivity (Wildman–Crippen MR) is 85.8 cm³/mol. The van der Waals surface area contributed by atoms with Gasteiger partial charge in [-0.05, 0) is 33.3 Å². The Labute approximate surface area is 136 Å². The van der Waals surface area contributed by atoms with Crippen LogP contribution < -0.4 is 5.32 Å². The molecule has 2 amide bonds. The molecule has 0 saturated carbocycles. The zero-order valence-electron chi connectivity index (χ0n) is 14.1. The van der Waals surface area contributed by atoms with E-state index in [-0.39, 0.29) is 12.6 Å². The van der Waals surface area contributed by atoms with Crippen LogP contribution in [-0.2, 0) is 9.47 Å². The fraction of sp³-hybridized carbons (Fsp3) is 0.529. The van der Waals surface area contributed by atoms with Crippen molar-refractivity contribution in [2.75, 3.05) is 13.3 Å². The van der Waals surface area contributed by atoms with Crippen molar-refractivity contribution in [1.29, 1.82) is 0 Å². The number of hydrogen-bond acceptors (Lipinski definition) is 4. The van der Waals surface area contributed by atoms with Crippen LogP contribution in [0.5, 0.6) is 0 Å². The molecule has 6 heteroatoms. The van der Waals surface area contributed by atoms with Gasteiger partial charge in [-0.25, -0.2) is 4.79 Å². The van der Waals surface area contributed by atoms with Crippen molar-refractivity contribution in [3.63, 3.8) is 0 Å². The number of rotatable bonds is 5. The maximum absolute atomic E-state index is 12.2. The number of ether oxygens (including phenoxy) is 2. The molecule has 126 valence electrons. The molecule has 1 unspecified atom stereocenters. The summed E-state index contributed by atoms with van der Waals surface area (Å²) in [6.45, 7) is 8.03. The molecule has 0 radical (unpaired) electrons. The number of carbonyl (C=O) groups excluding carboxylic acids is 2. The highest BCUT2D eigenvalue weighted by Gasteiger charge is 2.30. The molecule has 0 aliphatic carbocycles. The Balaban J connectivity index is 2.00. The van der Waals surface area contributed by atoms with Gasteiger partial charge in [0.25, 0.3) is 5.91 Å². The quantitative estimate of drug-likeness (QED) is 0.847. The van der Waals surface area contributed by atoms with Gasteiger partial charge in [-0.2, -0.15) is 0 Å². The van der Waals surface area contributed by atoms with Gasteiger partial charge in [-0.3, -0.25) is 9.69 Å². The molecule has 1 heterocycles. The third-order valence-electron chi connectivity index (χ3n) is 3.29. The summed E-state index contributed by atoms with van der Waals surface area (Å²) in [5, 5.41) is 2.76. The average molecular weight is 320 g/mol. The van der Waals surface area contributed by atoms with Crippen molar-refractivity contribution in [1.82, 2.24) is 10.2 Å². The minimum Gasteiger partial charge on any atom is -0.444 e. The van der Waals surface area contributed by atoms with Crippen LogP contribution in [0, 0.1) is 0 Å². The first-order valence-electron chi connectivity index (χ1n) is 7.81. The summed E-state index contributed by atoms with van der Waals surface area (Å²) >= 11 is 0. The molecule has 0 aromatic heterocycles. The van der Waals surface area contributed by atoms with Gasteiger partial charge in [0.2, 0.25) is 0 Å². The first-order valence-corrected chi connectivity index (χ1v) is 7.81. The van der Waals surface area contributed by atoms with Gasteiger partial charge in [0.05, 0.1) is 0 Å². The van der Waals surface area contributed by atoms with Gasteiger partial charge >= 0.3 is 6.09 Å². The van der Waals surface area contributed by atoms with E-state index in [0.29, 0.717) is 12.1 Å². The summed E-state index contributed by atoms with van der Waals surface area (Å²) in [5.41, 5.74) is 0.840. The van der Waals surface area contributed by atoms with Crippen LogP contribution in [0.2, 0.25) is 0 Å². The van der Waals surface area contributed by atoms with E-state index in [2.05, 4.69) is 5.32 Å². The summed E-state index contributed by atoms with van der Waals surface area (Å²) in [5.74, 6) is -0.162. The standard InChI is InChI=1S/C17H24N2O4/c1-5-10-19(16(21)23-17(2,3)4)11-22-15-13-9-7-6-8-12(13)14(20)18-15/h6-9,15H,5,10-11H2,1-4H3,(H,18,20). The lowest BCUT2D eigenvalue weighted by atomic mass is 10.1. The Morgan fingerprint density at radius 1 is 1.30 bits per heavy atom. The Morgan fingerprint density at radius 3 is 2.65 bits per heavy atom. The molecule has 1 atom stereocenters. The van der Waals surface area contributed by atoms with Gasteiger partial charge < -0.3 is 14.8 Å². The highest BCUT2D eigenvalue weighted by atomic mass is 16.6. The van der Waals surface area contributed by atoms with Crippen molar-refractivity contribution in [3.8, 4) is 0 Å². The predicted octanol–water partition coefficient (Wildman–Crippen LogP) is 3.05. The third kappa shape index (κ3) is 4.45. The molecule has 0 saturated heterocycles. The first kappa shape index (κ1) is 17.3. The molecular formula is C17H24N2O4. The first-order chi connectivity index (χ1) is 10.8. The maximum atomic E-state index is 12.2. The Hall–Kier alpha value is -2.08. The van der Waals surface area contributed by atoms with Crippen LogP contribution in [0.4, 0.5) is 4.79 Å². The van der Waals surface area contributed by atoms with Gasteiger partial charge in [0.1, 0.15) is 12.3 Å².